The molecule has 8 heteroatoms. The van der Waals surface area contributed by atoms with E-state index in [1.165, 1.54) is 0 Å². The molecule has 1 heterocycles. The van der Waals surface area contributed by atoms with Crippen LogP contribution in [0.4, 0.5) is 0 Å². The second-order valence-corrected chi connectivity index (χ2v) is 9.02. The predicted molar refractivity (Wildman–Crippen MR) is 139 cm³/mol. The average molecular weight is 512 g/mol. The van der Waals surface area contributed by atoms with E-state index in [4.69, 9.17) is 37.7 Å². The molecule has 4 aromatic rings. The maximum absolute atomic E-state index is 12.5. The van der Waals surface area contributed by atoms with Crippen LogP contribution in [0, 0.1) is 0 Å². The highest BCUT2D eigenvalue weighted by Crippen LogP contribution is 2.22. The number of halogens is 2. The first-order valence-corrected chi connectivity index (χ1v) is 12.3. The van der Waals surface area contributed by atoms with Gasteiger partial charge in [0.05, 0.1) is 23.7 Å². The summed E-state index contributed by atoms with van der Waals surface area (Å²) in [4.78, 5) is 17.3. The van der Waals surface area contributed by atoms with Gasteiger partial charge in [-0.05, 0) is 80.4 Å². The summed E-state index contributed by atoms with van der Waals surface area (Å²) < 4.78 is 13.5. The van der Waals surface area contributed by atoms with Gasteiger partial charge >= 0.3 is 0 Å². The van der Waals surface area contributed by atoms with Crippen molar-refractivity contribution in [2.24, 2.45) is 0 Å². The van der Waals surface area contributed by atoms with Crippen LogP contribution in [-0.2, 0) is 11.3 Å². The molecule has 0 saturated heterocycles. The summed E-state index contributed by atoms with van der Waals surface area (Å²) >= 11 is 11.8. The molecule has 0 aliphatic heterocycles. The Kier molecular flexibility index (Phi) is 8.50. The van der Waals surface area contributed by atoms with Crippen molar-refractivity contribution in [1.29, 1.82) is 0 Å². The lowest BCUT2D eigenvalue weighted by molar-refractivity contribution is -0.123. The van der Waals surface area contributed by atoms with Crippen molar-refractivity contribution in [2.45, 2.75) is 32.4 Å². The molecular formula is C27H27Cl2N3O3. The van der Waals surface area contributed by atoms with Crippen molar-refractivity contribution in [3.05, 3.63) is 88.7 Å². The summed E-state index contributed by atoms with van der Waals surface area (Å²) in [5.74, 6) is 1.98. The minimum Gasteiger partial charge on any atom is -0.494 e. The van der Waals surface area contributed by atoms with E-state index in [1.54, 1.807) is 24.3 Å². The summed E-state index contributed by atoms with van der Waals surface area (Å²) in [6.45, 7) is 3.22. The molecule has 35 heavy (non-hydrogen) atoms. The Morgan fingerprint density at radius 2 is 1.54 bits per heavy atom. The van der Waals surface area contributed by atoms with Crippen molar-refractivity contribution in [3.8, 4) is 11.5 Å². The molecule has 1 N–H and O–H groups in total. The van der Waals surface area contributed by atoms with Crippen LogP contribution in [0.3, 0.4) is 0 Å². The van der Waals surface area contributed by atoms with Gasteiger partial charge in [0.2, 0.25) is 0 Å². The Morgan fingerprint density at radius 1 is 0.914 bits per heavy atom. The van der Waals surface area contributed by atoms with Crippen LogP contribution in [0.1, 0.15) is 31.6 Å². The topological polar surface area (TPSA) is 65.4 Å². The van der Waals surface area contributed by atoms with Crippen LogP contribution in [-0.4, -0.2) is 28.7 Å². The molecule has 0 aliphatic carbocycles. The number of fused-ring (bicyclic) bond motifs is 1. The number of amides is 1. The highest BCUT2D eigenvalue weighted by molar-refractivity contribution is 6.30. The normalized spacial score (nSPS) is 11.9. The Balaban J connectivity index is 1.34. The zero-order valence-electron chi connectivity index (χ0n) is 19.4. The van der Waals surface area contributed by atoms with E-state index in [0.29, 0.717) is 22.4 Å². The quantitative estimate of drug-likeness (QED) is 0.234. The molecule has 182 valence electrons. The number of rotatable bonds is 11. The molecule has 0 saturated carbocycles. The van der Waals surface area contributed by atoms with Crippen LogP contribution in [0.2, 0.25) is 10.0 Å². The number of carbonyl (C=O) groups excluding carboxylic acids is 1. The molecule has 0 aliphatic rings. The molecule has 0 bridgehead atoms. The summed E-state index contributed by atoms with van der Waals surface area (Å²) in [5.41, 5.74) is 1.94. The van der Waals surface area contributed by atoms with Crippen molar-refractivity contribution >= 4 is 40.1 Å². The zero-order valence-corrected chi connectivity index (χ0v) is 20.9. The molecule has 0 fully saturated rings. The number of nitrogens with zero attached hydrogens (tertiary/aromatic N) is 2. The Morgan fingerprint density at radius 3 is 2.23 bits per heavy atom. The molecule has 4 rings (SSSR count). The number of carbonyl (C=O) groups is 1. The van der Waals surface area contributed by atoms with Crippen LogP contribution < -0.4 is 14.8 Å². The second-order valence-electron chi connectivity index (χ2n) is 8.15. The zero-order chi connectivity index (χ0) is 24.6. The van der Waals surface area contributed by atoms with E-state index in [9.17, 15) is 4.79 Å². The molecule has 1 atom stereocenters. The third kappa shape index (κ3) is 6.90. The molecule has 1 amide bonds. The van der Waals surface area contributed by atoms with E-state index < -0.39 is 0 Å². The van der Waals surface area contributed by atoms with Gasteiger partial charge in [-0.15, -0.1) is 0 Å². The SMILES string of the molecule is CC(NC(=O)COc1ccc(Cl)cc1)c1nc2ccccc2n1CCCCOc1ccc(Cl)cc1. The van der Waals surface area contributed by atoms with Crippen LogP contribution in [0.15, 0.2) is 72.8 Å². The first kappa shape index (κ1) is 24.9. The maximum atomic E-state index is 12.5. The fourth-order valence-corrected chi connectivity index (χ4v) is 4.03. The molecule has 1 unspecified atom stereocenters. The van der Waals surface area contributed by atoms with E-state index >= 15 is 0 Å². The number of unbranched alkanes of at least 4 members (excludes halogenated alkanes) is 1. The van der Waals surface area contributed by atoms with Crippen LogP contribution in [0.5, 0.6) is 11.5 Å². The van der Waals surface area contributed by atoms with Gasteiger partial charge in [-0.3, -0.25) is 4.79 Å². The highest BCUT2D eigenvalue weighted by atomic mass is 35.5. The molecule has 0 spiro atoms. The lowest BCUT2D eigenvalue weighted by atomic mass is 10.2. The molecule has 6 nitrogen and oxygen atoms in total. The lowest BCUT2D eigenvalue weighted by Gasteiger charge is -2.17. The third-order valence-electron chi connectivity index (χ3n) is 5.49. The van der Waals surface area contributed by atoms with E-state index in [2.05, 4.69) is 9.88 Å². The third-order valence-corrected chi connectivity index (χ3v) is 5.99. The fraction of sp³-hybridized carbons (Fsp3) is 0.259. The lowest BCUT2D eigenvalue weighted by Crippen LogP contribution is -2.32. The van der Waals surface area contributed by atoms with Crippen molar-refractivity contribution in [3.63, 3.8) is 0 Å². The number of benzene rings is 3. The number of nitrogens with one attached hydrogen (secondary N) is 1. The number of ether oxygens (including phenoxy) is 2. The summed E-state index contributed by atoms with van der Waals surface area (Å²) in [5, 5.41) is 4.30. The number of imidazole rings is 1. The molecular weight excluding hydrogens is 485 g/mol. The van der Waals surface area contributed by atoms with Gasteiger partial charge in [-0.1, -0.05) is 35.3 Å². The Hall–Kier alpha value is -3.22. The largest absolute Gasteiger partial charge is 0.494 e. The number of hydrogen-bond acceptors (Lipinski definition) is 4. The van der Waals surface area contributed by atoms with Gasteiger partial charge in [-0.25, -0.2) is 4.98 Å². The Bertz CT molecular complexity index is 1260. The second kappa shape index (κ2) is 12.0. The number of aryl methyl sites for hydroxylation is 1. The average Bonchev–Trinajstić information content (AvgIpc) is 3.23. The summed E-state index contributed by atoms with van der Waals surface area (Å²) in [7, 11) is 0. The minimum absolute atomic E-state index is 0.0890. The van der Waals surface area contributed by atoms with Gasteiger partial charge in [0, 0.05) is 16.6 Å². The van der Waals surface area contributed by atoms with Crippen LogP contribution >= 0.6 is 23.2 Å². The highest BCUT2D eigenvalue weighted by Gasteiger charge is 2.18. The first-order chi connectivity index (χ1) is 17.0. The maximum Gasteiger partial charge on any atom is 0.258 e. The number of hydrogen-bond donors (Lipinski definition) is 1. The minimum atomic E-state index is -0.283. The van der Waals surface area contributed by atoms with E-state index in [-0.39, 0.29) is 18.6 Å². The summed E-state index contributed by atoms with van der Waals surface area (Å²) in [6, 6.07) is 22.0. The van der Waals surface area contributed by atoms with Gasteiger partial charge in [-0.2, -0.15) is 0 Å². The molecule has 3 aromatic carbocycles. The number of aromatic nitrogens is 2. The standard InChI is InChI=1S/C27H27Cl2N3O3/c1-19(30-26(33)18-35-23-14-10-21(29)11-15-23)27-31-24-6-2-3-7-25(24)32(27)16-4-5-17-34-22-12-8-20(28)9-13-22/h2-3,6-15,19H,4-5,16-18H2,1H3,(H,30,33). The molecule has 1 aromatic heterocycles. The monoisotopic (exact) mass is 511 g/mol. The van der Waals surface area contributed by atoms with E-state index in [1.807, 2.05) is 55.5 Å². The van der Waals surface area contributed by atoms with Crippen molar-refractivity contribution in [2.75, 3.05) is 13.2 Å². The van der Waals surface area contributed by atoms with Crippen molar-refractivity contribution < 1.29 is 14.3 Å². The van der Waals surface area contributed by atoms with Gasteiger partial charge in [0.25, 0.3) is 5.91 Å². The van der Waals surface area contributed by atoms with E-state index in [0.717, 1.165) is 42.0 Å². The first-order valence-electron chi connectivity index (χ1n) is 11.5. The fourth-order valence-electron chi connectivity index (χ4n) is 3.78. The number of para-hydroxylation sites is 2. The van der Waals surface area contributed by atoms with Gasteiger partial charge in [0.1, 0.15) is 17.3 Å². The predicted octanol–water partition coefficient (Wildman–Crippen LogP) is 6.46. The smallest absolute Gasteiger partial charge is 0.258 e. The van der Waals surface area contributed by atoms with Crippen LogP contribution in [0.25, 0.3) is 11.0 Å². The molecule has 0 radical (unpaired) electrons. The van der Waals surface area contributed by atoms with Gasteiger partial charge in [0.15, 0.2) is 6.61 Å². The Labute approximate surface area is 214 Å². The summed E-state index contributed by atoms with van der Waals surface area (Å²) in [6.07, 6.45) is 1.78. The van der Waals surface area contributed by atoms with Gasteiger partial charge < -0.3 is 19.4 Å². The van der Waals surface area contributed by atoms with Crippen molar-refractivity contribution in [1.82, 2.24) is 14.9 Å².